The molecule has 3 amide bonds. The number of sulfone groups is 1. The van der Waals surface area contributed by atoms with E-state index in [1.807, 2.05) is 42.5 Å². The first kappa shape index (κ1) is 19.9. The van der Waals surface area contributed by atoms with Crippen molar-refractivity contribution >= 4 is 38.2 Å². The van der Waals surface area contributed by atoms with E-state index in [1.54, 1.807) is 6.07 Å². The number of nitrogens with one attached hydrogen (secondary N) is 1. The van der Waals surface area contributed by atoms with Gasteiger partial charge in [0, 0.05) is 30.3 Å². The summed E-state index contributed by atoms with van der Waals surface area (Å²) in [5, 5.41) is 7.54. The van der Waals surface area contributed by atoms with Gasteiger partial charge in [-0.25, -0.2) is 23.2 Å². The minimum absolute atomic E-state index is 0.0688. The van der Waals surface area contributed by atoms with Crippen molar-refractivity contribution in [2.75, 3.05) is 24.7 Å². The molecule has 0 radical (unpaired) electrons. The van der Waals surface area contributed by atoms with Crippen LogP contribution in [0.3, 0.4) is 0 Å². The van der Waals surface area contributed by atoms with Crippen molar-refractivity contribution in [2.45, 2.75) is 11.3 Å². The Morgan fingerprint density at radius 3 is 2.40 bits per heavy atom. The zero-order chi connectivity index (χ0) is 21.3. The number of hydrogen-bond donors (Lipinski definition) is 1. The molecule has 1 aliphatic heterocycles. The average Bonchev–Trinajstić information content (AvgIpc) is 3.23. The Kier molecular flexibility index (Phi) is 5.17. The molecule has 7 nitrogen and oxygen atoms in total. The van der Waals surface area contributed by atoms with E-state index in [9.17, 15) is 18.0 Å². The Morgan fingerprint density at radius 1 is 0.900 bits per heavy atom. The van der Waals surface area contributed by atoms with Crippen LogP contribution in [0.1, 0.15) is 16.8 Å². The van der Waals surface area contributed by atoms with Gasteiger partial charge in [-0.1, -0.05) is 42.5 Å². The number of hydrogen-bond acceptors (Lipinski definition) is 4. The van der Waals surface area contributed by atoms with Gasteiger partial charge in [0.05, 0.1) is 10.6 Å². The van der Waals surface area contributed by atoms with Crippen molar-refractivity contribution in [3.63, 3.8) is 0 Å². The molecule has 1 aliphatic rings. The predicted molar refractivity (Wildman–Crippen MR) is 115 cm³/mol. The molecule has 1 heterocycles. The highest BCUT2D eigenvalue weighted by molar-refractivity contribution is 7.90. The number of amides is 3. The molecular formula is C22H21N3O4S. The summed E-state index contributed by atoms with van der Waals surface area (Å²) in [7, 11) is -3.44. The molecule has 0 bridgehead atoms. The molecule has 0 atom stereocenters. The van der Waals surface area contributed by atoms with E-state index in [0.29, 0.717) is 25.2 Å². The number of anilines is 1. The van der Waals surface area contributed by atoms with E-state index >= 15 is 0 Å². The Labute approximate surface area is 174 Å². The second-order valence-electron chi connectivity index (χ2n) is 7.16. The molecule has 0 aromatic heterocycles. The van der Waals surface area contributed by atoms with Crippen LogP contribution in [0.5, 0.6) is 0 Å². The van der Waals surface area contributed by atoms with E-state index in [2.05, 4.69) is 5.32 Å². The zero-order valence-electron chi connectivity index (χ0n) is 16.4. The molecule has 1 fully saturated rings. The molecule has 3 aromatic carbocycles. The number of benzene rings is 3. The maximum absolute atomic E-state index is 13.0. The highest BCUT2D eigenvalue weighted by Gasteiger charge is 2.32. The minimum Gasteiger partial charge on any atom is -0.306 e. The van der Waals surface area contributed by atoms with Crippen molar-refractivity contribution in [2.24, 2.45) is 0 Å². The lowest BCUT2D eigenvalue weighted by Crippen LogP contribution is -2.46. The van der Waals surface area contributed by atoms with Crippen molar-refractivity contribution in [3.05, 3.63) is 72.3 Å². The summed E-state index contributed by atoms with van der Waals surface area (Å²) in [5.74, 6) is -0.411. The lowest BCUT2D eigenvalue weighted by Gasteiger charge is -2.28. The van der Waals surface area contributed by atoms with Gasteiger partial charge >= 0.3 is 6.03 Å². The highest BCUT2D eigenvalue weighted by Crippen LogP contribution is 2.24. The third-order valence-corrected chi connectivity index (χ3v) is 6.15. The SMILES string of the molecule is CS(=O)(=O)c1cccc(C(=O)N2CCCN2C(=O)Nc2cccc3ccccc23)c1. The van der Waals surface area contributed by atoms with Gasteiger partial charge in [-0.2, -0.15) is 0 Å². The maximum atomic E-state index is 13.0. The first-order valence-corrected chi connectivity index (χ1v) is 11.4. The molecule has 3 aromatic rings. The van der Waals surface area contributed by atoms with Gasteiger partial charge in [0.15, 0.2) is 9.84 Å². The average molecular weight is 423 g/mol. The predicted octanol–water partition coefficient (Wildman–Crippen LogP) is 3.54. The first-order valence-electron chi connectivity index (χ1n) is 9.53. The molecule has 4 rings (SSSR count). The highest BCUT2D eigenvalue weighted by atomic mass is 32.2. The number of urea groups is 1. The van der Waals surface area contributed by atoms with Crippen molar-refractivity contribution in [1.29, 1.82) is 0 Å². The Bertz CT molecular complexity index is 1230. The van der Waals surface area contributed by atoms with Crippen LogP contribution in [-0.4, -0.2) is 49.7 Å². The fraction of sp³-hybridized carbons (Fsp3) is 0.182. The smallest absolute Gasteiger partial charge is 0.306 e. The van der Waals surface area contributed by atoms with Gasteiger partial charge < -0.3 is 5.32 Å². The van der Waals surface area contributed by atoms with Gasteiger partial charge in [0.1, 0.15) is 0 Å². The molecule has 1 N–H and O–H groups in total. The Hall–Kier alpha value is -3.39. The Morgan fingerprint density at radius 2 is 1.60 bits per heavy atom. The molecule has 0 aliphatic carbocycles. The van der Waals surface area contributed by atoms with E-state index in [-0.39, 0.29) is 10.5 Å². The number of carbonyl (C=O) groups is 2. The molecular weight excluding hydrogens is 402 g/mol. The zero-order valence-corrected chi connectivity index (χ0v) is 17.2. The van der Waals surface area contributed by atoms with Gasteiger partial charge in [-0.15, -0.1) is 0 Å². The summed E-state index contributed by atoms with van der Waals surface area (Å²) < 4.78 is 23.6. The lowest BCUT2D eigenvalue weighted by molar-refractivity contribution is 0.0404. The largest absolute Gasteiger partial charge is 0.340 e. The summed E-state index contributed by atoms with van der Waals surface area (Å²) >= 11 is 0. The van der Waals surface area contributed by atoms with Gasteiger partial charge in [-0.05, 0) is 36.1 Å². The standard InChI is InChI=1S/C22H21N3O4S/c1-30(28,29)18-10-4-9-17(15-18)21(26)24-13-6-14-25(24)22(27)23-20-12-5-8-16-7-2-3-11-19(16)20/h2-5,7-12,15H,6,13-14H2,1H3,(H,23,27). The van der Waals surface area contributed by atoms with Crippen molar-refractivity contribution in [1.82, 2.24) is 10.0 Å². The van der Waals surface area contributed by atoms with E-state index in [0.717, 1.165) is 17.0 Å². The summed E-state index contributed by atoms with van der Waals surface area (Å²) in [6, 6.07) is 18.8. The minimum atomic E-state index is -3.44. The summed E-state index contributed by atoms with van der Waals surface area (Å²) in [5.41, 5.74) is 0.888. The van der Waals surface area contributed by atoms with Crippen LogP contribution < -0.4 is 5.32 Å². The number of nitrogens with zero attached hydrogens (tertiary/aromatic N) is 2. The second kappa shape index (κ2) is 7.79. The number of carbonyl (C=O) groups excluding carboxylic acids is 2. The molecule has 154 valence electrons. The summed E-state index contributed by atoms with van der Waals surface area (Å²) in [4.78, 5) is 26.0. The topological polar surface area (TPSA) is 86.8 Å². The molecule has 0 saturated carbocycles. The van der Waals surface area contributed by atoms with Gasteiger partial charge in [-0.3, -0.25) is 4.79 Å². The van der Waals surface area contributed by atoms with Gasteiger partial charge in [0.25, 0.3) is 5.91 Å². The lowest BCUT2D eigenvalue weighted by atomic mass is 10.1. The van der Waals surface area contributed by atoms with Gasteiger partial charge in [0.2, 0.25) is 0 Å². The monoisotopic (exact) mass is 423 g/mol. The quantitative estimate of drug-likeness (QED) is 0.698. The molecule has 0 unspecified atom stereocenters. The summed E-state index contributed by atoms with van der Waals surface area (Å²) in [6.45, 7) is 0.777. The van der Waals surface area contributed by atoms with Crippen LogP contribution in [0.25, 0.3) is 10.8 Å². The second-order valence-corrected chi connectivity index (χ2v) is 9.18. The molecule has 0 spiro atoms. The number of hydrazine groups is 1. The van der Waals surface area contributed by atoms with Crippen LogP contribution in [0, 0.1) is 0 Å². The van der Waals surface area contributed by atoms with Crippen molar-refractivity contribution < 1.29 is 18.0 Å². The fourth-order valence-electron chi connectivity index (χ4n) is 3.56. The van der Waals surface area contributed by atoms with Crippen LogP contribution in [-0.2, 0) is 9.84 Å². The fourth-order valence-corrected chi connectivity index (χ4v) is 4.22. The van der Waals surface area contributed by atoms with Crippen LogP contribution in [0.15, 0.2) is 71.6 Å². The maximum Gasteiger partial charge on any atom is 0.340 e. The molecule has 30 heavy (non-hydrogen) atoms. The third kappa shape index (κ3) is 3.86. The van der Waals surface area contributed by atoms with Crippen molar-refractivity contribution in [3.8, 4) is 0 Å². The molecule has 8 heteroatoms. The van der Waals surface area contributed by atoms with Crippen LogP contribution in [0.2, 0.25) is 0 Å². The van der Waals surface area contributed by atoms with E-state index in [1.165, 1.54) is 28.2 Å². The third-order valence-electron chi connectivity index (χ3n) is 5.04. The van der Waals surface area contributed by atoms with Crippen LogP contribution in [0.4, 0.5) is 10.5 Å². The van der Waals surface area contributed by atoms with E-state index < -0.39 is 21.8 Å². The number of rotatable bonds is 3. The summed E-state index contributed by atoms with van der Waals surface area (Å²) in [6.07, 6.45) is 1.73. The molecule has 1 saturated heterocycles. The van der Waals surface area contributed by atoms with E-state index in [4.69, 9.17) is 0 Å². The normalized spacial score (nSPS) is 14.2. The Balaban J connectivity index is 1.57. The number of fused-ring (bicyclic) bond motifs is 1. The first-order chi connectivity index (χ1) is 14.3. The van der Waals surface area contributed by atoms with Crippen LogP contribution >= 0.6 is 0 Å².